The topological polar surface area (TPSA) is 29.3 Å². The normalized spacial score (nSPS) is 22.3. The first kappa shape index (κ1) is 14.1. The maximum Gasteiger partial charge on any atom is 0.125 e. The number of benzene rings is 2. The van der Waals surface area contributed by atoms with Gasteiger partial charge in [-0.25, -0.2) is 4.39 Å². The zero-order valence-corrected chi connectivity index (χ0v) is 12.3. The van der Waals surface area contributed by atoms with Gasteiger partial charge in [0.1, 0.15) is 5.82 Å². The number of anilines is 1. The van der Waals surface area contributed by atoms with Gasteiger partial charge in [0.15, 0.2) is 0 Å². The monoisotopic (exact) mass is 284 g/mol. The van der Waals surface area contributed by atoms with Crippen molar-refractivity contribution in [1.82, 2.24) is 0 Å². The van der Waals surface area contributed by atoms with Gasteiger partial charge in [0.05, 0.1) is 0 Å². The lowest BCUT2D eigenvalue weighted by atomic mass is 9.88. The zero-order valence-electron chi connectivity index (χ0n) is 12.3. The van der Waals surface area contributed by atoms with Gasteiger partial charge in [-0.15, -0.1) is 0 Å². The highest BCUT2D eigenvalue weighted by Crippen LogP contribution is 2.30. The molecule has 2 aromatic carbocycles. The van der Waals surface area contributed by atoms with Crippen molar-refractivity contribution in [2.75, 3.05) is 18.0 Å². The van der Waals surface area contributed by atoms with Gasteiger partial charge in [0.25, 0.3) is 0 Å². The third kappa shape index (κ3) is 3.24. The van der Waals surface area contributed by atoms with Crippen LogP contribution in [0, 0.1) is 12.7 Å². The largest absolute Gasteiger partial charge is 0.369 e. The second-order valence-electron chi connectivity index (χ2n) is 5.99. The number of hydrogen-bond acceptors (Lipinski definition) is 2. The molecule has 2 aromatic rings. The molecule has 1 fully saturated rings. The fourth-order valence-electron chi connectivity index (χ4n) is 3.10. The van der Waals surface area contributed by atoms with E-state index < -0.39 is 0 Å². The van der Waals surface area contributed by atoms with E-state index in [1.807, 2.05) is 6.07 Å². The summed E-state index contributed by atoms with van der Waals surface area (Å²) in [5, 5.41) is 0. The molecule has 1 aliphatic rings. The Kier molecular flexibility index (Phi) is 3.93. The van der Waals surface area contributed by atoms with Crippen LogP contribution in [0.15, 0.2) is 48.5 Å². The van der Waals surface area contributed by atoms with E-state index in [1.54, 1.807) is 12.1 Å². The minimum absolute atomic E-state index is 0.119. The molecule has 3 heteroatoms. The van der Waals surface area contributed by atoms with E-state index in [0.29, 0.717) is 5.92 Å². The molecule has 1 aliphatic heterocycles. The summed E-state index contributed by atoms with van der Waals surface area (Å²) in [5.74, 6) is 0.205. The number of rotatable bonds is 2. The predicted molar refractivity (Wildman–Crippen MR) is 85.1 cm³/mol. The third-order valence-corrected chi connectivity index (χ3v) is 4.21. The lowest BCUT2D eigenvalue weighted by Gasteiger charge is -2.38. The summed E-state index contributed by atoms with van der Waals surface area (Å²) in [6.45, 7) is 3.77. The molecule has 1 heterocycles. The van der Waals surface area contributed by atoms with Crippen LogP contribution < -0.4 is 10.6 Å². The molecule has 0 aliphatic carbocycles. The minimum atomic E-state index is -0.196. The maximum absolute atomic E-state index is 13.4. The first-order chi connectivity index (χ1) is 10.1. The van der Waals surface area contributed by atoms with Gasteiger partial charge in [-0.2, -0.15) is 0 Å². The van der Waals surface area contributed by atoms with E-state index in [-0.39, 0.29) is 11.9 Å². The standard InChI is InChI=1S/C18H21FN2/c1-13-5-7-14(8-6-13)15-9-17(20)12-21(11-15)18-4-2-3-16(19)10-18/h2-8,10,15,17H,9,11-12,20H2,1H3. The molecule has 0 bridgehead atoms. The fraction of sp³-hybridized carbons (Fsp3) is 0.333. The van der Waals surface area contributed by atoms with Crippen molar-refractivity contribution >= 4 is 5.69 Å². The van der Waals surface area contributed by atoms with Gasteiger partial charge < -0.3 is 10.6 Å². The number of nitrogens with zero attached hydrogens (tertiary/aromatic N) is 1. The van der Waals surface area contributed by atoms with E-state index in [4.69, 9.17) is 5.73 Å². The first-order valence-corrected chi connectivity index (χ1v) is 7.44. The molecule has 2 atom stereocenters. The van der Waals surface area contributed by atoms with Crippen LogP contribution in [0.5, 0.6) is 0 Å². The lowest BCUT2D eigenvalue weighted by Crippen LogP contribution is -2.46. The highest BCUT2D eigenvalue weighted by molar-refractivity contribution is 5.48. The maximum atomic E-state index is 13.4. The van der Waals surface area contributed by atoms with Crippen LogP contribution in [-0.4, -0.2) is 19.1 Å². The molecule has 0 amide bonds. The van der Waals surface area contributed by atoms with Crippen LogP contribution in [0.3, 0.4) is 0 Å². The highest BCUT2D eigenvalue weighted by Gasteiger charge is 2.26. The van der Waals surface area contributed by atoms with Crippen LogP contribution in [-0.2, 0) is 0 Å². The Morgan fingerprint density at radius 3 is 2.57 bits per heavy atom. The van der Waals surface area contributed by atoms with Gasteiger partial charge in [-0.05, 0) is 37.1 Å². The van der Waals surface area contributed by atoms with Gasteiger partial charge in [0, 0.05) is 30.7 Å². The Labute approximate surface area is 125 Å². The SMILES string of the molecule is Cc1ccc(C2CC(N)CN(c3cccc(F)c3)C2)cc1. The summed E-state index contributed by atoms with van der Waals surface area (Å²) in [4.78, 5) is 2.20. The first-order valence-electron chi connectivity index (χ1n) is 7.44. The van der Waals surface area contributed by atoms with E-state index >= 15 is 0 Å². The van der Waals surface area contributed by atoms with Crippen molar-refractivity contribution in [3.05, 3.63) is 65.5 Å². The molecule has 2 unspecified atom stereocenters. The molecule has 0 radical (unpaired) electrons. The molecule has 110 valence electrons. The average molecular weight is 284 g/mol. The third-order valence-electron chi connectivity index (χ3n) is 4.21. The highest BCUT2D eigenvalue weighted by atomic mass is 19.1. The second-order valence-corrected chi connectivity index (χ2v) is 5.99. The van der Waals surface area contributed by atoms with E-state index in [2.05, 4.69) is 36.1 Å². The molecular formula is C18H21FN2. The van der Waals surface area contributed by atoms with Crippen molar-refractivity contribution < 1.29 is 4.39 Å². The van der Waals surface area contributed by atoms with Gasteiger partial charge in [-0.3, -0.25) is 0 Å². The molecule has 0 saturated carbocycles. The van der Waals surface area contributed by atoms with Crippen LogP contribution in [0.2, 0.25) is 0 Å². The number of nitrogens with two attached hydrogens (primary N) is 1. The van der Waals surface area contributed by atoms with Crippen LogP contribution in [0.25, 0.3) is 0 Å². The number of piperidine rings is 1. The molecule has 1 saturated heterocycles. The molecular weight excluding hydrogens is 263 g/mol. The number of aryl methyl sites for hydroxylation is 1. The minimum Gasteiger partial charge on any atom is -0.369 e. The van der Waals surface area contributed by atoms with E-state index in [9.17, 15) is 4.39 Å². The summed E-state index contributed by atoms with van der Waals surface area (Å²) in [7, 11) is 0. The number of hydrogen-bond donors (Lipinski definition) is 1. The Hall–Kier alpha value is -1.87. The van der Waals surface area contributed by atoms with Crippen molar-refractivity contribution in [3.63, 3.8) is 0 Å². The van der Waals surface area contributed by atoms with E-state index in [0.717, 1.165) is 25.2 Å². The molecule has 0 aromatic heterocycles. The molecule has 2 nitrogen and oxygen atoms in total. The van der Waals surface area contributed by atoms with Crippen molar-refractivity contribution in [1.29, 1.82) is 0 Å². The molecule has 2 N–H and O–H groups in total. The van der Waals surface area contributed by atoms with Crippen LogP contribution in [0.1, 0.15) is 23.5 Å². The smallest absolute Gasteiger partial charge is 0.125 e. The van der Waals surface area contributed by atoms with E-state index in [1.165, 1.54) is 17.2 Å². The summed E-state index contributed by atoms with van der Waals surface area (Å²) >= 11 is 0. The Bertz CT molecular complexity index is 609. The van der Waals surface area contributed by atoms with Crippen molar-refractivity contribution in [2.24, 2.45) is 5.73 Å². The Morgan fingerprint density at radius 2 is 1.86 bits per heavy atom. The second kappa shape index (κ2) is 5.86. The van der Waals surface area contributed by atoms with Gasteiger partial charge in [-0.1, -0.05) is 35.9 Å². The predicted octanol–water partition coefficient (Wildman–Crippen LogP) is 3.46. The fourth-order valence-corrected chi connectivity index (χ4v) is 3.10. The molecule has 0 spiro atoms. The zero-order chi connectivity index (χ0) is 14.8. The molecule has 3 rings (SSSR count). The summed E-state index contributed by atoms with van der Waals surface area (Å²) < 4.78 is 13.4. The Morgan fingerprint density at radius 1 is 1.10 bits per heavy atom. The summed E-state index contributed by atoms with van der Waals surface area (Å²) in [6.07, 6.45) is 0.981. The van der Waals surface area contributed by atoms with Crippen molar-refractivity contribution in [3.8, 4) is 0 Å². The average Bonchev–Trinajstić information content (AvgIpc) is 2.47. The Balaban J connectivity index is 1.83. The van der Waals surface area contributed by atoms with Crippen LogP contribution >= 0.6 is 0 Å². The van der Waals surface area contributed by atoms with Gasteiger partial charge >= 0.3 is 0 Å². The summed E-state index contributed by atoms with van der Waals surface area (Å²) in [5.41, 5.74) is 9.72. The summed E-state index contributed by atoms with van der Waals surface area (Å²) in [6, 6.07) is 15.5. The quantitative estimate of drug-likeness (QED) is 0.915. The van der Waals surface area contributed by atoms with Crippen molar-refractivity contribution in [2.45, 2.75) is 25.3 Å². The van der Waals surface area contributed by atoms with Crippen LogP contribution in [0.4, 0.5) is 10.1 Å². The molecule has 21 heavy (non-hydrogen) atoms. The van der Waals surface area contributed by atoms with Gasteiger partial charge in [0.2, 0.25) is 0 Å². The lowest BCUT2D eigenvalue weighted by molar-refractivity contribution is 0.453. The number of halogens is 1.